The van der Waals surface area contributed by atoms with Gasteiger partial charge in [0.05, 0.1) is 16.4 Å². The number of unbranched alkanes of at least 4 members (excludes halogenated alkanes) is 3. The Hall–Kier alpha value is -6.61. The fourth-order valence-electron chi connectivity index (χ4n) is 6.93. The zero-order chi connectivity index (χ0) is 43.2. The van der Waals surface area contributed by atoms with Gasteiger partial charge in [0.15, 0.2) is 16.5 Å². The van der Waals surface area contributed by atoms with E-state index < -0.39 is 31.4 Å². The molecule has 312 valence electrons. The van der Waals surface area contributed by atoms with Crippen molar-refractivity contribution in [1.29, 1.82) is 5.26 Å². The number of thiazole rings is 1. The molecule has 2 amide bonds. The Morgan fingerprint density at radius 3 is 1.75 bits per heavy atom. The number of fused-ring (bicyclic) bond motifs is 1. The Labute approximate surface area is 359 Å². The van der Waals surface area contributed by atoms with Gasteiger partial charge in [-0.05, 0) is 79.9 Å². The first-order valence-corrected chi connectivity index (χ1v) is 22.6. The molecular weight excluding hydrogens is 812 g/mol. The highest BCUT2D eigenvalue weighted by Crippen LogP contribution is 2.56. The van der Waals surface area contributed by atoms with Gasteiger partial charge in [-0.25, -0.2) is 14.6 Å². The van der Waals surface area contributed by atoms with E-state index in [0.717, 1.165) is 25.4 Å². The third kappa shape index (κ3) is 11.6. The van der Waals surface area contributed by atoms with E-state index in [9.17, 15) is 24.4 Å². The molecule has 1 aromatic heterocycles. The molecule has 0 spiro atoms. The lowest BCUT2D eigenvalue weighted by Crippen LogP contribution is -2.42. The molecule has 0 N–H and O–H groups in total. The van der Waals surface area contributed by atoms with Crippen LogP contribution < -0.4 is 34.9 Å². The molecule has 1 heterocycles. The number of amides is 2. The number of benzene rings is 5. The molecule has 0 saturated carbocycles. The summed E-state index contributed by atoms with van der Waals surface area (Å²) in [5, 5.41) is 13.5. The molecule has 0 bridgehead atoms. The van der Waals surface area contributed by atoms with Gasteiger partial charge in [0.2, 0.25) is 0 Å². The predicted molar refractivity (Wildman–Crippen MR) is 238 cm³/mol. The first-order chi connectivity index (χ1) is 29.5. The van der Waals surface area contributed by atoms with Crippen molar-refractivity contribution < 1.29 is 38.1 Å². The maximum atomic E-state index is 13.8. The van der Waals surface area contributed by atoms with Crippen LogP contribution in [0.15, 0.2) is 127 Å². The van der Waals surface area contributed by atoms with Crippen molar-refractivity contribution in [3.05, 3.63) is 132 Å². The van der Waals surface area contributed by atoms with Crippen LogP contribution in [-0.2, 0) is 9.59 Å². The van der Waals surface area contributed by atoms with Gasteiger partial charge in [-0.3, -0.25) is 9.59 Å². The molecule has 6 rings (SSSR count). The van der Waals surface area contributed by atoms with Crippen molar-refractivity contribution in [2.24, 2.45) is 0 Å². The second-order valence-corrected chi connectivity index (χ2v) is 18.8. The average Bonchev–Trinajstić information content (AvgIpc) is 3.68. The van der Waals surface area contributed by atoms with E-state index >= 15 is 0 Å². The van der Waals surface area contributed by atoms with E-state index in [1.807, 2.05) is 6.07 Å². The molecule has 0 unspecified atom stereocenters. The van der Waals surface area contributed by atoms with Crippen LogP contribution in [0, 0.1) is 11.3 Å². The smallest absolute Gasteiger partial charge is 0.415 e. The topological polar surface area (TPSA) is 148 Å². The second-order valence-electron chi connectivity index (χ2n) is 14.2. The Bertz CT molecular complexity index is 2400. The van der Waals surface area contributed by atoms with Gasteiger partial charge in [0, 0.05) is 52.7 Å². The van der Waals surface area contributed by atoms with Crippen LogP contribution in [0.25, 0.3) is 10.2 Å². The Kier molecular flexibility index (Phi) is 15.2. The number of ether oxygens (including phenoxy) is 4. The van der Waals surface area contributed by atoms with Crippen LogP contribution in [0.4, 0.5) is 9.59 Å². The summed E-state index contributed by atoms with van der Waals surface area (Å²) in [4.78, 5) is 57.6. The number of carbonyl (C=O) groups is 4. The molecule has 0 fully saturated rings. The van der Waals surface area contributed by atoms with E-state index in [2.05, 4.69) is 96.0 Å². The molecule has 14 heteroatoms. The summed E-state index contributed by atoms with van der Waals surface area (Å²) in [6, 6.07) is 43.4. The molecule has 0 aliphatic carbocycles. The molecule has 0 saturated heterocycles. The normalized spacial score (nSPS) is 11.0. The predicted octanol–water partition coefficient (Wildman–Crippen LogP) is 8.50. The number of hydrogen-bond donors (Lipinski definition) is 0. The summed E-state index contributed by atoms with van der Waals surface area (Å²) in [6.45, 7) is 3.00. The summed E-state index contributed by atoms with van der Waals surface area (Å²) < 4.78 is 22.5. The van der Waals surface area contributed by atoms with Crippen molar-refractivity contribution in [3.63, 3.8) is 0 Å². The summed E-state index contributed by atoms with van der Waals surface area (Å²) in [5.41, 5.74) is 0.634. The number of hydrogen-bond acceptors (Lipinski definition) is 11. The number of nitriles is 1. The Balaban J connectivity index is 1.14. The summed E-state index contributed by atoms with van der Waals surface area (Å²) in [7, 11) is -0.403. The molecule has 0 radical (unpaired) electrons. The van der Waals surface area contributed by atoms with Crippen molar-refractivity contribution in [2.75, 3.05) is 32.8 Å². The summed E-state index contributed by atoms with van der Waals surface area (Å²) in [5.74, 6) is -0.982. The lowest BCUT2D eigenvalue weighted by Gasteiger charge is -2.28. The fraction of sp³-hybridized carbons (Fsp3) is 0.234. The molecule has 6 aromatic rings. The van der Waals surface area contributed by atoms with Crippen LogP contribution in [0.5, 0.6) is 23.0 Å². The number of rotatable bonds is 17. The maximum Gasteiger partial charge on any atom is 0.415 e. The number of aromatic nitrogens is 1. The van der Waals surface area contributed by atoms with Crippen LogP contribution in [0.1, 0.15) is 44.5 Å². The molecule has 0 aliphatic heterocycles. The van der Waals surface area contributed by atoms with E-state index in [-0.39, 0.29) is 30.3 Å². The molecule has 61 heavy (non-hydrogen) atoms. The highest BCUT2D eigenvalue weighted by atomic mass is 32.1. The third-order valence-corrected chi connectivity index (χ3v) is 15.3. The Morgan fingerprint density at radius 1 is 0.623 bits per heavy atom. The van der Waals surface area contributed by atoms with Gasteiger partial charge in [0.25, 0.3) is 0 Å². The van der Waals surface area contributed by atoms with E-state index in [1.165, 1.54) is 69.1 Å². The number of esters is 2. The van der Waals surface area contributed by atoms with Crippen molar-refractivity contribution >= 4 is 68.9 Å². The van der Waals surface area contributed by atoms with Gasteiger partial charge in [0.1, 0.15) is 40.7 Å². The van der Waals surface area contributed by atoms with Crippen LogP contribution in [-0.4, -0.2) is 71.8 Å². The van der Waals surface area contributed by atoms with Gasteiger partial charge in [-0.15, -0.1) is 11.3 Å². The molecule has 12 nitrogen and oxygen atoms in total. The lowest BCUT2D eigenvalue weighted by atomic mass is 10.2. The highest BCUT2D eigenvalue weighted by molar-refractivity contribution is 7.95. The third-order valence-electron chi connectivity index (χ3n) is 9.83. The quantitative estimate of drug-likeness (QED) is 0.0379. The summed E-state index contributed by atoms with van der Waals surface area (Å²) >= 11 is 1.20. The van der Waals surface area contributed by atoms with Crippen LogP contribution in [0.2, 0.25) is 0 Å². The fourth-order valence-corrected chi connectivity index (χ4v) is 12.1. The number of carbonyl (C=O) groups excluding carboxylic acids is 4. The maximum absolute atomic E-state index is 13.8. The SMILES string of the molecule is CC(=O)Oc1ccc(OC(=O)N(CCCCCC[P+](c2ccccc2)(c2ccccc2)c2ccccc2)CCN(C)C(=O)Oc2ccc3nc(C#N)sc3c2)cc1OC(C)=O. The largest absolute Gasteiger partial charge is 0.423 e. The highest BCUT2D eigenvalue weighted by Gasteiger charge is 2.44. The lowest BCUT2D eigenvalue weighted by molar-refractivity contribution is -0.134. The molecular formula is C47H46N4O8PS+. The van der Waals surface area contributed by atoms with Crippen LogP contribution in [0.3, 0.4) is 0 Å². The van der Waals surface area contributed by atoms with E-state index in [0.29, 0.717) is 33.9 Å². The van der Waals surface area contributed by atoms with Crippen molar-refractivity contribution in [3.8, 4) is 29.1 Å². The molecule has 0 aliphatic rings. The van der Waals surface area contributed by atoms with Crippen molar-refractivity contribution in [1.82, 2.24) is 14.8 Å². The molecule has 0 atom stereocenters. The minimum atomic E-state index is -1.98. The zero-order valence-electron chi connectivity index (χ0n) is 34.2. The minimum absolute atomic E-state index is 0.00209. The van der Waals surface area contributed by atoms with Gasteiger partial charge in [-0.2, -0.15) is 5.26 Å². The average molecular weight is 858 g/mol. The number of nitrogens with zero attached hydrogens (tertiary/aromatic N) is 4. The van der Waals surface area contributed by atoms with Gasteiger partial charge >= 0.3 is 24.1 Å². The number of likely N-dealkylation sites (N-methyl/N-ethyl adjacent to an activating group) is 1. The standard InChI is InChI=1S/C47H46N4O8PS/c1-34(52)56-42-26-24-36(31-43(42)57-35(2)53)59-47(55)51(29-28-50(3)46(54)58-37-23-25-41-44(32-37)61-45(33-48)49-41)27-15-4-5-16-30-60(38-17-9-6-10-18-38,39-19-11-7-12-20-39)40-21-13-8-14-22-40/h6-14,17-26,31-32H,4-5,15-16,27-30H2,1-3H3/q+1. The van der Waals surface area contributed by atoms with E-state index in [1.54, 1.807) is 25.2 Å². The van der Waals surface area contributed by atoms with Crippen molar-refractivity contribution in [2.45, 2.75) is 39.5 Å². The van der Waals surface area contributed by atoms with E-state index in [4.69, 9.17) is 18.9 Å². The van der Waals surface area contributed by atoms with Gasteiger partial charge < -0.3 is 28.7 Å². The first kappa shape index (κ1) is 44.0. The first-order valence-electron chi connectivity index (χ1n) is 19.8. The molecule has 5 aromatic carbocycles. The minimum Gasteiger partial charge on any atom is -0.423 e. The Morgan fingerprint density at radius 2 is 1.16 bits per heavy atom. The zero-order valence-corrected chi connectivity index (χ0v) is 35.9. The summed E-state index contributed by atoms with van der Waals surface area (Å²) in [6.07, 6.45) is 3.06. The monoisotopic (exact) mass is 857 g/mol. The van der Waals surface area contributed by atoms with Crippen LogP contribution >= 0.6 is 18.6 Å². The second kappa shape index (κ2) is 21.1. The van der Waals surface area contributed by atoms with Gasteiger partial charge in [-0.1, -0.05) is 61.0 Å².